The van der Waals surface area contributed by atoms with E-state index in [0.29, 0.717) is 26.1 Å². The smallest absolute Gasteiger partial charge is 0.317 e. The van der Waals surface area contributed by atoms with Crippen LogP contribution in [-0.4, -0.2) is 65.4 Å². The number of hydrogen-bond donors (Lipinski definition) is 1. The van der Waals surface area contributed by atoms with Crippen molar-refractivity contribution >= 4 is 34.9 Å². The second-order valence-corrected chi connectivity index (χ2v) is 9.03. The molecule has 3 fully saturated rings. The van der Waals surface area contributed by atoms with Gasteiger partial charge < -0.3 is 20.0 Å². The molecule has 152 valence electrons. The predicted molar refractivity (Wildman–Crippen MR) is 108 cm³/mol. The number of hydrogen-bond acceptors (Lipinski definition) is 4. The third kappa shape index (κ3) is 3.62. The summed E-state index contributed by atoms with van der Waals surface area (Å²) in [4.78, 5) is 43.1. The summed E-state index contributed by atoms with van der Waals surface area (Å²) in [5.74, 6) is -0.169. The standard InChI is InChI=1S/C20H28N4O3S/c1-15(25)24-11-18(26)23(17-7-10-28-12-17)14-20(24)8-9-22(13-20)19(27)21-16-5-3-2-4-6-16/h7,10,12,16H,2-6,8-9,11,13-14H2,1H3,(H,21,27). The highest BCUT2D eigenvalue weighted by Gasteiger charge is 2.51. The molecule has 2 saturated heterocycles. The zero-order valence-corrected chi connectivity index (χ0v) is 17.2. The van der Waals surface area contributed by atoms with Crippen LogP contribution in [0.1, 0.15) is 45.4 Å². The van der Waals surface area contributed by atoms with Crippen LogP contribution in [0, 0.1) is 0 Å². The molecule has 2 aliphatic heterocycles. The summed E-state index contributed by atoms with van der Waals surface area (Å²) in [6, 6.07) is 2.16. The van der Waals surface area contributed by atoms with Gasteiger partial charge >= 0.3 is 6.03 Å². The molecule has 1 aromatic rings. The first-order valence-electron chi connectivity index (χ1n) is 10.1. The molecule has 0 bridgehead atoms. The summed E-state index contributed by atoms with van der Waals surface area (Å²) >= 11 is 1.55. The van der Waals surface area contributed by atoms with Gasteiger partial charge in [-0.2, -0.15) is 11.3 Å². The molecule has 4 rings (SSSR count). The number of urea groups is 1. The van der Waals surface area contributed by atoms with Gasteiger partial charge in [0, 0.05) is 31.4 Å². The fourth-order valence-electron chi connectivity index (χ4n) is 4.84. The van der Waals surface area contributed by atoms with Crippen molar-refractivity contribution in [1.29, 1.82) is 0 Å². The molecular weight excluding hydrogens is 376 g/mol. The zero-order chi connectivity index (χ0) is 19.7. The normalized spacial score (nSPS) is 26.2. The van der Waals surface area contributed by atoms with E-state index in [1.165, 1.54) is 26.2 Å². The van der Waals surface area contributed by atoms with Crippen LogP contribution in [-0.2, 0) is 9.59 Å². The highest BCUT2D eigenvalue weighted by atomic mass is 32.1. The molecule has 0 radical (unpaired) electrons. The molecule has 4 amide bonds. The minimum absolute atomic E-state index is 0.0359. The van der Waals surface area contributed by atoms with E-state index >= 15 is 0 Å². The molecule has 28 heavy (non-hydrogen) atoms. The fourth-order valence-corrected chi connectivity index (χ4v) is 5.48. The molecule has 8 heteroatoms. The van der Waals surface area contributed by atoms with E-state index in [1.807, 2.05) is 21.7 Å². The third-order valence-corrected chi connectivity index (χ3v) is 7.04. The van der Waals surface area contributed by atoms with Crippen molar-refractivity contribution in [3.8, 4) is 0 Å². The van der Waals surface area contributed by atoms with Crippen molar-refractivity contribution in [3.63, 3.8) is 0 Å². The minimum atomic E-state index is -0.508. The maximum Gasteiger partial charge on any atom is 0.317 e. The highest BCUT2D eigenvalue weighted by molar-refractivity contribution is 7.08. The molecule has 3 aliphatic rings. The fraction of sp³-hybridized carbons (Fsp3) is 0.650. The maximum atomic E-state index is 12.8. The summed E-state index contributed by atoms with van der Waals surface area (Å²) in [5, 5.41) is 7.08. The van der Waals surface area contributed by atoms with Gasteiger partial charge in [0.2, 0.25) is 11.8 Å². The van der Waals surface area contributed by atoms with Crippen LogP contribution in [0.5, 0.6) is 0 Å². The second kappa shape index (κ2) is 7.73. The summed E-state index contributed by atoms with van der Waals surface area (Å²) in [6.07, 6.45) is 6.38. The Bertz CT molecular complexity index is 747. The van der Waals surface area contributed by atoms with Crippen molar-refractivity contribution < 1.29 is 14.4 Å². The number of carbonyl (C=O) groups is 3. The number of nitrogens with zero attached hydrogens (tertiary/aromatic N) is 3. The van der Waals surface area contributed by atoms with E-state index in [-0.39, 0.29) is 30.4 Å². The lowest BCUT2D eigenvalue weighted by molar-refractivity contribution is -0.142. The largest absolute Gasteiger partial charge is 0.335 e. The molecule has 1 N–H and O–H groups in total. The Balaban J connectivity index is 1.50. The average Bonchev–Trinajstić information content (AvgIpc) is 3.35. The van der Waals surface area contributed by atoms with Crippen molar-refractivity contribution in [2.24, 2.45) is 0 Å². The first kappa shape index (κ1) is 19.2. The third-order valence-electron chi connectivity index (χ3n) is 6.37. The Morgan fingerprint density at radius 1 is 1.21 bits per heavy atom. The average molecular weight is 405 g/mol. The van der Waals surface area contributed by atoms with Crippen molar-refractivity contribution in [3.05, 3.63) is 16.8 Å². The summed E-state index contributed by atoms with van der Waals surface area (Å²) in [6.45, 7) is 3.10. The van der Waals surface area contributed by atoms with Crippen molar-refractivity contribution in [2.75, 3.05) is 31.1 Å². The Labute approximate surface area is 169 Å². The number of piperazine rings is 1. The highest BCUT2D eigenvalue weighted by Crippen LogP contribution is 2.35. The first-order chi connectivity index (χ1) is 13.5. The summed E-state index contributed by atoms with van der Waals surface area (Å²) < 4.78 is 0. The molecule has 3 heterocycles. The SMILES string of the molecule is CC(=O)N1CC(=O)N(c2ccsc2)CC12CCN(C(=O)NC1CCCCC1)C2. The van der Waals surface area contributed by atoms with Crippen LogP contribution in [0.25, 0.3) is 0 Å². The van der Waals surface area contributed by atoms with Gasteiger partial charge in [-0.05, 0) is 30.7 Å². The van der Waals surface area contributed by atoms with Gasteiger partial charge in [0.25, 0.3) is 0 Å². The number of rotatable bonds is 2. The molecule has 0 aromatic carbocycles. The van der Waals surface area contributed by atoms with E-state index in [0.717, 1.165) is 18.5 Å². The topological polar surface area (TPSA) is 73.0 Å². The Morgan fingerprint density at radius 2 is 2.00 bits per heavy atom. The maximum absolute atomic E-state index is 12.8. The van der Waals surface area contributed by atoms with E-state index in [4.69, 9.17) is 0 Å². The number of amides is 4. The Kier molecular flexibility index (Phi) is 5.31. The quantitative estimate of drug-likeness (QED) is 0.823. The lowest BCUT2D eigenvalue weighted by Crippen LogP contribution is -2.67. The molecule has 1 saturated carbocycles. The van der Waals surface area contributed by atoms with Crippen LogP contribution >= 0.6 is 11.3 Å². The molecule has 1 aliphatic carbocycles. The number of likely N-dealkylation sites (tertiary alicyclic amines) is 1. The van der Waals surface area contributed by atoms with Crippen LogP contribution < -0.4 is 10.2 Å². The molecule has 1 unspecified atom stereocenters. The first-order valence-corrected chi connectivity index (χ1v) is 11.1. The molecule has 1 spiro atoms. The van der Waals surface area contributed by atoms with Crippen molar-refractivity contribution in [2.45, 2.75) is 57.0 Å². The van der Waals surface area contributed by atoms with E-state index in [9.17, 15) is 14.4 Å². The lowest BCUT2D eigenvalue weighted by atomic mass is 9.92. The van der Waals surface area contributed by atoms with Gasteiger partial charge in [0.15, 0.2) is 0 Å². The van der Waals surface area contributed by atoms with E-state index < -0.39 is 5.54 Å². The van der Waals surface area contributed by atoms with Gasteiger partial charge in [-0.25, -0.2) is 4.79 Å². The number of carbonyl (C=O) groups excluding carboxylic acids is 3. The van der Waals surface area contributed by atoms with E-state index in [2.05, 4.69) is 5.32 Å². The Morgan fingerprint density at radius 3 is 2.68 bits per heavy atom. The van der Waals surface area contributed by atoms with Crippen molar-refractivity contribution in [1.82, 2.24) is 15.1 Å². The summed E-state index contributed by atoms with van der Waals surface area (Å²) in [5.41, 5.74) is 0.369. The van der Waals surface area contributed by atoms with Gasteiger partial charge in [-0.3, -0.25) is 9.59 Å². The monoisotopic (exact) mass is 404 g/mol. The Hall–Kier alpha value is -2.09. The van der Waals surface area contributed by atoms with Gasteiger partial charge in [0.05, 0.1) is 17.8 Å². The molecule has 7 nitrogen and oxygen atoms in total. The zero-order valence-electron chi connectivity index (χ0n) is 16.4. The van der Waals surface area contributed by atoms with Gasteiger partial charge in [-0.15, -0.1) is 0 Å². The van der Waals surface area contributed by atoms with Crippen LogP contribution in [0.2, 0.25) is 0 Å². The van der Waals surface area contributed by atoms with Gasteiger partial charge in [0.1, 0.15) is 6.54 Å². The minimum Gasteiger partial charge on any atom is -0.335 e. The molecule has 1 atom stereocenters. The van der Waals surface area contributed by atoms with Gasteiger partial charge in [-0.1, -0.05) is 19.3 Å². The van der Waals surface area contributed by atoms with Crippen LogP contribution in [0.3, 0.4) is 0 Å². The van der Waals surface area contributed by atoms with E-state index in [1.54, 1.807) is 21.1 Å². The van der Waals surface area contributed by atoms with Crippen LogP contribution in [0.15, 0.2) is 16.8 Å². The second-order valence-electron chi connectivity index (χ2n) is 8.25. The molecule has 1 aromatic heterocycles. The predicted octanol–water partition coefficient (Wildman–Crippen LogP) is 2.43. The number of nitrogens with one attached hydrogen (secondary N) is 1. The number of thiophene rings is 1. The number of anilines is 1. The molecular formula is C20H28N4O3S. The summed E-state index contributed by atoms with van der Waals surface area (Å²) in [7, 11) is 0. The lowest BCUT2D eigenvalue weighted by Gasteiger charge is -2.47. The van der Waals surface area contributed by atoms with Crippen LogP contribution in [0.4, 0.5) is 10.5 Å².